The summed E-state index contributed by atoms with van der Waals surface area (Å²) in [5, 5.41) is 0. The molecule has 1 fully saturated rings. The molecule has 1 aliphatic rings. The zero-order valence-electron chi connectivity index (χ0n) is 21.2. The number of rotatable bonds is 11. The molecule has 0 amide bonds. The van der Waals surface area contributed by atoms with Crippen LogP contribution < -0.4 is 11.2 Å². The van der Waals surface area contributed by atoms with E-state index in [9.17, 15) is 14.4 Å². The third kappa shape index (κ3) is 6.45. The smallest absolute Gasteiger partial charge is 0.341 e. The van der Waals surface area contributed by atoms with Gasteiger partial charge in [-0.05, 0) is 25.0 Å². The van der Waals surface area contributed by atoms with Crippen LogP contribution in [0.5, 0.6) is 0 Å². The van der Waals surface area contributed by atoms with E-state index in [0.717, 1.165) is 15.7 Å². The highest BCUT2D eigenvalue weighted by molar-refractivity contribution is 5.75. The molecule has 202 valence electrons. The van der Waals surface area contributed by atoms with Crippen LogP contribution >= 0.6 is 0 Å². The Morgan fingerprint density at radius 1 is 1.05 bits per heavy atom. The molecule has 4 rings (SSSR count). The Bertz CT molecular complexity index is 1310. The fraction of sp³-hybridized carbons (Fsp3) is 0.393. The van der Waals surface area contributed by atoms with Gasteiger partial charge in [0.2, 0.25) is 6.17 Å². The molecule has 1 aliphatic heterocycles. The van der Waals surface area contributed by atoms with E-state index in [4.69, 9.17) is 18.9 Å². The van der Waals surface area contributed by atoms with Crippen molar-refractivity contribution in [2.75, 3.05) is 13.2 Å². The van der Waals surface area contributed by atoms with Crippen LogP contribution in [0.4, 0.5) is 4.39 Å². The van der Waals surface area contributed by atoms with E-state index in [-0.39, 0.29) is 32.0 Å². The number of halogens is 1. The van der Waals surface area contributed by atoms with Crippen molar-refractivity contribution in [2.24, 2.45) is 5.92 Å². The summed E-state index contributed by atoms with van der Waals surface area (Å²) in [5.74, 6) is -2.34. The standard InChI is InChI=1S/C28H31FN2O7/c1-3-36-27(33)23(29)22-24(37-16-20-12-8-5-9-13-20)21(17-35-15-19-10-6-4-7-11-19)38-26(22)31-14-18(2)25(32)30-28(31)34/h4-14,21-24,26H,3,15-17H2,1-2H3,(H,30,32,34)/t21-,22+,23?,24-,26+/m1/s1. The second-order valence-corrected chi connectivity index (χ2v) is 9.04. The number of benzene rings is 2. The van der Waals surface area contributed by atoms with E-state index in [0.29, 0.717) is 0 Å². The molecule has 2 heterocycles. The molecule has 10 heteroatoms. The summed E-state index contributed by atoms with van der Waals surface area (Å²) in [6, 6.07) is 18.8. The number of alkyl halides is 1. The Morgan fingerprint density at radius 2 is 1.68 bits per heavy atom. The molecule has 0 spiro atoms. The molecule has 1 N–H and O–H groups in total. The van der Waals surface area contributed by atoms with E-state index < -0.39 is 47.7 Å². The van der Waals surface area contributed by atoms with Crippen LogP contribution in [0.3, 0.4) is 0 Å². The van der Waals surface area contributed by atoms with Crippen molar-refractivity contribution < 1.29 is 28.1 Å². The summed E-state index contributed by atoms with van der Waals surface area (Å²) < 4.78 is 40.1. The van der Waals surface area contributed by atoms with Crippen molar-refractivity contribution in [2.45, 2.75) is 51.7 Å². The molecule has 9 nitrogen and oxygen atoms in total. The maximum atomic E-state index is 15.8. The number of nitrogens with zero attached hydrogens (tertiary/aromatic N) is 1. The molecule has 3 aromatic rings. The van der Waals surface area contributed by atoms with Crippen LogP contribution in [0.2, 0.25) is 0 Å². The van der Waals surface area contributed by atoms with Crippen LogP contribution in [0.1, 0.15) is 29.8 Å². The number of H-pyrrole nitrogens is 1. The van der Waals surface area contributed by atoms with Crippen LogP contribution in [-0.4, -0.2) is 47.1 Å². The Kier molecular flexibility index (Phi) is 9.22. The van der Waals surface area contributed by atoms with Crippen molar-refractivity contribution >= 4 is 5.97 Å². The quantitative estimate of drug-likeness (QED) is 0.383. The van der Waals surface area contributed by atoms with Crippen LogP contribution in [0.15, 0.2) is 76.4 Å². The lowest BCUT2D eigenvalue weighted by Crippen LogP contribution is -2.43. The number of aromatic amines is 1. The van der Waals surface area contributed by atoms with Gasteiger partial charge >= 0.3 is 11.7 Å². The number of aryl methyl sites for hydroxylation is 1. The number of hydrogen-bond acceptors (Lipinski definition) is 7. The molecule has 0 aliphatic carbocycles. The van der Waals surface area contributed by atoms with E-state index >= 15 is 4.39 Å². The molecule has 0 saturated carbocycles. The van der Waals surface area contributed by atoms with Gasteiger partial charge in [-0.1, -0.05) is 60.7 Å². The average molecular weight is 527 g/mol. The first-order valence-corrected chi connectivity index (χ1v) is 12.4. The first kappa shape index (κ1) is 27.4. The third-order valence-corrected chi connectivity index (χ3v) is 6.34. The fourth-order valence-electron chi connectivity index (χ4n) is 4.46. The van der Waals surface area contributed by atoms with Crippen LogP contribution in [-0.2, 0) is 37.0 Å². The lowest BCUT2D eigenvalue weighted by atomic mass is 9.93. The molecule has 1 unspecified atom stereocenters. The van der Waals surface area contributed by atoms with Gasteiger partial charge in [0.15, 0.2) is 0 Å². The normalized spacial score (nSPS) is 21.8. The Morgan fingerprint density at radius 3 is 2.32 bits per heavy atom. The zero-order valence-corrected chi connectivity index (χ0v) is 21.2. The molecule has 1 aromatic heterocycles. The van der Waals surface area contributed by atoms with Crippen molar-refractivity contribution in [3.05, 3.63) is 104 Å². The monoisotopic (exact) mass is 526 g/mol. The minimum absolute atomic E-state index is 0.00792. The Balaban J connectivity index is 1.67. The number of carbonyl (C=O) groups is 1. The fourth-order valence-corrected chi connectivity index (χ4v) is 4.46. The second kappa shape index (κ2) is 12.8. The number of esters is 1. The maximum absolute atomic E-state index is 15.8. The minimum atomic E-state index is -2.17. The van der Waals surface area contributed by atoms with Crippen molar-refractivity contribution in [3.63, 3.8) is 0 Å². The number of carbonyl (C=O) groups excluding carboxylic acids is 1. The van der Waals surface area contributed by atoms with Gasteiger partial charge in [0.05, 0.1) is 38.4 Å². The van der Waals surface area contributed by atoms with Crippen molar-refractivity contribution in [1.29, 1.82) is 0 Å². The predicted molar refractivity (Wildman–Crippen MR) is 136 cm³/mol. The first-order chi connectivity index (χ1) is 18.4. The van der Waals surface area contributed by atoms with Gasteiger partial charge in [0, 0.05) is 11.8 Å². The van der Waals surface area contributed by atoms with Crippen molar-refractivity contribution in [3.8, 4) is 0 Å². The largest absolute Gasteiger partial charge is 0.464 e. The van der Waals surface area contributed by atoms with Gasteiger partial charge < -0.3 is 18.9 Å². The Labute approximate surface area is 219 Å². The number of ether oxygens (including phenoxy) is 4. The van der Waals surface area contributed by atoms with E-state index in [1.165, 1.54) is 13.1 Å². The highest BCUT2D eigenvalue weighted by Gasteiger charge is 2.53. The second-order valence-electron chi connectivity index (χ2n) is 9.04. The van der Waals surface area contributed by atoms with Gasteiger partial charge in [0.1, 0.15) is 12.3 Å². The summed E-state index contributed by atoms with van der Waals surface area (Å²) in [7, 11) is 0. The zero-order chi connectivity index (χ0) is 27.1. The van der Waals surface area contributed by atoms with Crippen LogP contribution in [0, 0.1) is 12.8 Å². The van der Waals surface area contributed by atoms with E-state index in [2.05, 4.69) is 4.98 Å². The molecular weight excluding hydrogens is 495 g/mol. The van der Waals surface area contributed by atoms with Gasteiger partial charge in [0.25, 0.3) is 5.56 Å². The highest BCUT2D eigenvalue weighted by atomic mass is 19.1. The van der Waals surface area contributed by atoms with E-state index in [1.807, 2.05) is 60.7 Å². The summed E-state index contributed by atoms with van der Waals surface area (Å²) in [4.78, 5) is 39.5. The average Bonchev–Trinajstić information content (AvgIpc) is 3.28. The van der Waals surface area contributed by atoms with Gasteiger partial charge in [-0.2, -0.15) is 0 Å². The van der Waals surface area contributed by atoms with Gasteiger partial charge in [-0.25, -0.2) is 14.0 Å². The summed E-state index contributed by atoms with van der Waals surface area (Å²) in [6.07, 6.45) is -3.95. The molecule has 5 atom stereocenters. The molecule has 38 heavy (non-hydrogen) atoms. The molecule has 1 saturated heterocycles. The first-order valence-electron chi connectivity index (χ1n) is 12.4. The SMILES string of the molecule is CCOC(=O)C(F)[C@H]1[C@H](OCc2ccccc2)[C@@H](COCc2ccccc2)O[C@@H]1n1cc(C)c(=O)[nH]c1=O. The molecule has 2 aromatic carbocycles. The number of hydrogen-bond donors (Lipinski definition) is 1. The van der Waals surface area contributed by atoms with Crippen LogP contribution in [0.25, 0.3) is 0 Å². The van der Waals surface area contributed by atoms with Gasteiger partial charge in [-0.3, -0.25) is 14.3 Å². The summed E-state index contributed by atoms with van der Waals surface area (Å²) in [5.41, 5.74) is 0.635. The number of nitrogens with one attached hydrogen (secondary N) is 1. The lowest BCUT2D eigenvalue weighted by molar-refractivity contribution is -0.155. The summed E-state index contributed by atoms with van der Waals surface area (Å²) >= 11 is 0. The summed E-state index contributed by atoms with van der Waals surface area (Å²) in [6.45, 7) is 3.47. The highest BCUT2D eigenvalue weighted by Crippen LogP contribution is 2.40. The van der Waals surface area contributed by atoms with Crippen molar-refractivity contribution in [1.82, 2.24) is 9.55 Å². The Hall–Kier alpha value is -3.60. The van der Waals surface area contributed by atoms with Gasteiger partial charge in [-0.15, -0.1) is 0 Å². The predicted octanol–water partition coefficient (Wildman–Crippen LogP) is 3.06. The minimum Gasteiger partial charge on any atom is -0.464 e. The lowest BCUT2D eigenvalue weighted by Gasteiger charge is -2.27. The van der Waals surface area contributed by atoms with E-state index in [1.54, 1.807) is 6.92 Å². The maximum Gasteiger partial charge on any atom is 0.341 e. The molecule has 0 bridgehead atoms. The number of aromatic nitrogens is 2. The molecular formula is C28H31FN2O7. The molecule has 0 radical (unpaired) electrons. The third-order valence-electron chi connectivity index (χ3n) is 6.34. The topological polar surface area (TPSA) is 109 Å².